The number of hydrogen-bond acceptors (Lipinski definition) is 2. The van der Waals surface area contributed by atoms with Crippen molar-refractivity contribution in [2.24, 2.45) is 10.4 Å². The fourth-order valence-corrected chi connectivity index (χ4v) is 3.87. The van der Waals surface area contributed by atoms with Gasteiger partial charge < -0.3 is 15.1 Å². The molecule has 0 amide bonds. The van der Waals surface area contributed by atoms with Gasteiger partial charge in [-0.1, -0.05) is 18.6 Å². The summed E-state index contributed by atoms with van der Waals surface area (Å²) in [6.07, 6.45) is 5.49. The number of likely N-dealkylation sites (N-methyl/N-ethyl adjacent to an activating group) is 1. The average Bonchev–Trinajstić information content (AvgIpc) is 2.99. The third-order valence-corrected chi connectivity index (χ3v) is 5.51. The second kappa shape index (κ2) is 7.51. The van der Waals surface area contributed by atoms with Crippen LogP contribution in [0.3, 0.4) is 0 Å². The molecule has 0 radical (unpaired) electrons. The molecule has 1 N–H and O–H groups in total. The molecule has 1 spiro atoms. The first kappa shape index (κ1) is 17.2. The Morgan fingerprint density at radius 1 is 1.29 bits per heavy atom. The zero-order valence-corrected chi connectivity index (χ0v) is 14.9. The van der Waals surface area contributed by atoms with Gasteiger partial charge in [0.15, 0.2) is 5.96 Å². The highest BCUT2D eigenvalue weighted by Gasteiger charge is 2.43. The molecule has 2 aliphatic rings. The van der Waals surface area contributed by atoms with Crippen molar-refractivity contribution in [2.45, 2.75) is 32.2 Å². The smallest absolute Gasteiger partial charge is 0.193 e. The van der Waals surface area contributed by atoms with Gasteiger partial charge in [0.2, 0.25) is 0 Å². The predicted molar refractivity (Wildman–Crippen MR) is 96.6 cm³/mol. The summed E-state index contributed by atoms with van der Waals surface area (Å²) in [5.41, 5.74) is 1.73. The van der Waals surface area contributed by atoms with Crippen molar-refractivity contribution in [3.63, 3.8) is 0 Å². The number of nitrogens with one attached hydrogen (secondary N) is 1. The molecule has 5 heteroatoms. The number of guanidine groups is 1. The standard InChI is InChI=1S/C19H29FN4/c1-21-18(24-12-10-19(15-24)8-3-9-19)22-11-13-23(2)14-16-4-6-17(20)7-5-16/h4-7H,3,8-15H2,1-2H3,(H,21,22). The molecule has 4 nitrogen and oxygen atoms in total. The average molecular weight is 332 g/mol. The van der Waals surface area contributed by atoms with Gasteiger partial charge in [-0.05, 0) is 49.4 Å². The predicted octanol–water partition coefficient (Wildman–Crippen LogP) is 2.71. The van der Waals surface area contributed by atoms with Gasteiger partial charge in [0.05, 0.1) is 0 Å². The van der Waals surface area contributed by atoms with Crippen molar-refractivity contribution in [2.75, 3.05) is 40.3 Å². The second-order valence-electron chi connectivity index (χ2n) is 7.36. The lowest BCUT2D eigenvalue weighted by Crippen LogP contribution is -2.44. The monoisotopic (exact) mass is 332 g/mol. The number of hydrogen-bond donors (Lipinski definition) is 1. The Morgan fingerprint density at radius 2 is 2.04 bits per heavy atom. The molecule has 1 saturated heterocycles. The topological polar surface area (TPSA) is 30.9 Å². The third-order valence-electron chi connectivity index (χ3n) is 5.51. The van der Waals surface area contributed by atoms with Crippen LogP contribution in [0.15, 0.2) is 29.3 Å². The maximum Gasteiger partial charge on any atom is 0.193 e. The molecule has 1 saturated carbocycles. The lowest BCUT2D eigenvalue weighted by Gasteiger charge is -2.38. The molecule has 132 valence electrons. The largest absolute Gasteiger partial charge is 0.355 e. The van der Waals surface area contributed by atoms with E-state index in [1.54, 1.807) is 0 Å². The summed E-state index contributed by atoms with van der Waals surface area (Å²) in [4.78, 5) is 9.11. The van der Waals surface area contributed by atoms with Crippen LogP contribution in [0.2, 0.25) is 0 Å². The summed E-state index contributed by atoms with van der Waals surface area (Å²) in [7, 11) is 3.96. The zero-order valence-electron chi connectivity index (χ0n) is 14.9. The molecule has 1 aliphatic carbocycles. The zero-order chi connectivity index (χ0) is 17.0. The van der Waals surface area contributed by atoms with E-state index in [1.807, 2.05) is 19.2 Å². The van der Waals surface area contributed by atoms with Gasteiger partial charge in [0.1, 0.15) is 5.82 Å². The Labute approximate surface area is 144 Å². The summed E-state index contributed by atoms with van der Waals surface area (Å²) < 4.78 is 12.9. The van der Waals surface area contributed by atoms with Gasteiger partial charge in [-0.15, -0.1) is 0 Å². The highest BCUT2D eigenvalue weighted by Crippen LogP contribution is 2.47. The van der Waals surface area contributed by atoms with E-state index >= 15 is 0 Å². The Bertz CT molecular complexity index is 565. The van der Waals surface area contributed by atoms with Crippen LogP contribution in [-0.4, -0.2) is 56.0 Å². The maximum atomic E-state index is 12.9. The van der Waals surface area contributed by atoms with Crippen molar-refractivity contribution in [1.29, 1.82) is 0 Å². The van der Waals surface area contributed by atoms with Gasteiger partial charge in [0.25, 0.3) is 0 Å². The van der Waals surface area contributed by atoms with Crippen LogP contribution in [0.4, 0.5) is 4.39 Å². The number of benzene rings is 1. The van der Waals surface area contributed by atoms with E-state index < -0.39 is 0 Å². The molecule has 3 rings (SSSR count). The van der Waals surface area contributed by atoms with Gasteiger partial charge in [-0.2, -0.15) is 0 Å². The first-order valence-electron chi connectivity index (χ1n) is 8.99. The molecule has 24 heavy (non-hydrogen) atoms. The minimum Gasteiger partial charge on any atom is -0.355 e. The number of nitrogens with zero attached hydrogens (tertiary/aromatic N) is 3. The Kier molecular flexibility index (Phi) is 5.39. The Morgan fingerprint density at radius 3 is 2.62 bits per heavy atom. The lowest BCUT2D eigenvalue weighted by atomic mass is 9.68. The van der Waals surface area contributed by atoms with Crippen LogP contribution in [-0.2, 0) is 6.54 Å². The number of halogens is 1. The van der Waals surface area contributed by atoms with Crippen LogP contribution >= 0.6 is 0 Å². The molecule has 0 atom stereocenters. The molecule has 1 aromatic rings. The Hall–Kier alpha value is -1.62. The van der Waals surface area contributed by atoms with Gasteiger partial charge in [-0.3, -0.25) is 4.99 Å². The van der Waals surface area contributed by atoms with Gasteiger partial charge in [0, 0.05) is 39.8 Å². The Balaban J connectivity index is 1.40. The summed E-state index contributed by atoms with van der Waals surface area (Å²) in [6, 6.07) is 6.74. The van der Waals surface area contributed by atoms with Crippen LogP contribution in [0.25, 0.3) is 0 Å². The molecule has 0 bridgehead atoms. The summed E-state index contributed by atoms with van der Waals surface area (Å²) >= 11 is 0. The second-order valence-corrected chi connectivity index (χ2v) is 7.36. The number of likely N-dealkylation sites (tertiary alicyclic amines) is 1. The van der Waals surface area contributed by atoms with Crippen LogP contribution in [0.1, 0.15) is 31.2 Å². The molecule has 2 fully saturated rings. The molecular weight excluding hydrogens is 303 g/mol. The van der Waals surface area contributed by atoms with Crippen molar-refractivity contribution in [3.8, 4) is 0 Å². The summed E-state index contributed by atoms with van der Waals surface area (Å²) in [5, 5.41) is 3.50. The summed E-state index contributed by atoms with van der Waals surface area (Å²) in [6.45, 7) is 4.92. The first-order valence-corrected chi connectivity index (χ1v) is 8.99. The molecule has 1 aromatic carbocycles. The third kappa shape index (κ3) is 4.07. The van der Waals surface area contributed by atoms with Crippen molar-refractivity contribution in [1.82, 2.24) is 15.1 Å². The molecule has 0 aromatic heterocycles. The van der Waals surface area contributed by atoms with Crippen LogP contribution in [0.5, 0.6) is 0 Å². The minimum absolute atomic E-state index is 0.179. The molecule has 1 aliphatic heterocycles. The van der Waals surface area contributed by atoms with Crippen molar-refractivity contribution >= 4 is 5.96 Å². The summed E-state index contributed by atoms with van der Waals surface area (Å²) in [5.74, 6) is 0.857. The van der Waals surface area contributed by atoms with Crippen LogP contribution in [0, 0.1) is 11.2 Å². The van der Waals surface area contributed by atoms with Gasteiger partial charge in [-0.25, -0.2) is 4.39 Å². The van der Waals surface area contributed by atoms with Crippen LogP contribution < -0.4 is 5.32 Å². The van der Waals surface area contributed by atoms with E-state index in [0.29, 0.717) is 5.41 Å². The van der Waals surface area contributed by atoms with E-state index in [4.69, 9.17) is 0 Å². The van der Waals surface area contributed by atoms with E-state index in [9.17, 15) is 4.39 Å². The quantitative estimate of drug-likeness (QED) is 0.664. The molecule has 1 heterocycles. The SMILES string of the molecule is CN=C(NCCN(C)Cc1ccc(F)cc1)N1CCC2(CCC2)C1. The van der Waals surface area contributed by atoms with E-state index in [0.717, 1.165) is 44.2 Å². The molecular formula is C19H29FN4. The lowest BCUT2D eigenvalue weighted by molar-refractivity contribution is 0.151. The van der Waals surface area contributed by atoms with E-state index in [1.165, 1.54) is 37.8 Å². The van der Waals surface area contributed by atoms with Crippen molar-refractivity contribution < 1.29 is 4.39 Å². The highest BCUT2D eigenvalue weighted by molar-refractivity contribution is 5.80. The number of rotatable bonds is 5. The van der Waals surface area contributed by atoms with E-state index in [2.05, 4.69) is 27.2 Å². The molecule has 0 unspecified atom stereocenters. The highest BCUT2D eigenvalue weighted by atomic mass is 19.1. The number of aliphatic imine (C=N–C) groups is 1. The fraction of sp³-hybridized carbons (Fsp3) is 0.632. The maximum absolute atomic E-state index is 12.9. The normalized spacial score (nSPS) is 19.8. The fourth-order valence-electron chi connectivity index (χ4n) is 3.87. The first-order chi connectivity index (χ1) is 11.6. The van der Waals surface area contributed by atoms with E-state index in [-0.39, 0.29) is 5.82 Å². The minimum atomic E-state index is -0.179. The van der Waals surface area contributed by atoms with Crippen molar-refractivity contribution in [3.05, 3.63) is 35.6 Å². The van der Waals surface area contributed by atoms with Gasteiger partial charge >= 0.3 is 0 Å².